The van der Waals surface area contributed by atoms with Crippen LogP contribution in [-0.2, 0) is 6.54 Å². The summed E-state index contributed by atoms with van der Waals surface area (Å²) in [7, 11) is 1.89. The van der Waals surface area contributed by atoms with E-state index in [0.29, 0.717) is 17.1 Å². The van der Waals surface area contributed by atoms with Crippen molar-refractivity contribution >= 4 is 23.1 Å². The summed E-state index contributed by atoms with van der Waals surface area (Å²) in [6.07, 6.45) is 0. The summed E-state index contributed by atoms with van der Waals surface area (Å²) >= 11 is 6.21. The summed E-state index contributed by atoms with van der Waals surface area (Å²) in [5, 5.41) is 12.1. The zero-order valence-corrected chi connectivity index (χ0v) is 12.2. The van der Waals surface area contributed by atoms with Crippen molar-refractivity contribution < 1.29 is 9.60 Å². The lowest BCUT2D eigenvalue weighted by molar-refractivity contribution is 0.318. The van der Waals surface area contributed by atoms with Gasteiger partial charge in [-0.05, 0) is 35.9 Å². The van der Waals surface area contributed by atoms with Crippen LogP contribution in [-0.4, -0.2) is 18.1 Å². The Balaban J connectivity index is 2.18. The van der Waals surface area contributed by atoms with E-state index in [0.717, 1.165) is 11.3 Å². The van der Waals surface area contributed by atoms with Gasteiger partial charge in [0, 0.05) is 29.9 Å². The van der Waals surface area contributed by atoms with Gasteiger partial charge in [-0.15, -0.1) is 0 Å². The Kier molecular flexibility index (Phi) is 4.65. The van der Waals surface area contributed by atoms with Crippen LogP contribution in [0.4, 0.5) is 10.1 Å². The average Bonchev–Trinajstić information content (AvgIpc) is 2.49. The van der Waals surface area contributed by atoms with E-state index in [2.05, 4.69) is 5.16 Å². The van der Waals surface area contributed by atoms with Crippen LogP contribution in [0, 0.1) is 5.82 Å². The molecule has 110 valence electrons. The lowest BCUT2D eigenvalue weighted by Gasteiger charge is -2.20. The smallest absolute Gasteiger partial charge is 0.170 e. The molecule has 0 fully saturated rings. The summed E-state index contributed by atoms with van der Waals surface area (Å²) in [6.45, 7) is 0.556. The van der Waals surface area contributed by atoms with E-state index in [1.54, 1.807) is 24.3 Å². The van der Waals surface area contributed by atoms with Gasteiger partial charge in [0.1, 0.15) is 5.82 Å². The summed E-state index contributed by atoms with van der Waals surface area (Å²) in [4.78, 5) is 1.95. The zero-order valence-electron chi connectivity index (χ0n) is 11.4. The number of halogens is 2. The van der Waals surface area contributed by atoms with Crippen LogP contribution >= 0.6 is 11.6 Å². The van der Waals surface area contributed by atoms with Crippen molar-refractivity contribution in [2.24, 2.45) is 10.9 Å². The van der Waals surface area contributed by atoms with Gasteiger partial charge < -0.3 is 15.8 Å². The highest BCUT2D eigenvalue weighted by molar-refractivity contribution is 6.31. The molecule has 2 rings (SSSR count). The van der Waals surface area contributed by atoms with Crippen molar-refractivity contribution in [3.05, 3.63) is 64.4 Å². The molecule has 0 aliphatic rings. The SMILES string of the molecule is CN(Cc1ccc(/C(N)=N/O)cc1Cl)c1ccc(F)cc1. The molecule has 3 N–H and O–H groups in total. The molecule has 21 heavy (non-hydrogen) atoms. The third kappa shape index (κ3) is 3.64. The van der Waals surface area contributed by atoms with Crippen molar-refractivity contribution in [1.29, 1.82) is 0 Å². The fraction of sp³-hybridized carbons (Fsp3) is 0.133. The second-order valence-corrected chi connectivity index (χ2v) is 5.03. The molecule has 0 saturated heterocycles. The number of hydrogen-bond donors (Lipinski definition) is 2. The number of benzene rings is 2. The lowest BCUT2D eigenvalue weighted by Crippen LogP contribution is -2.17. The van der Waals surface area contributed by atoms with Crippen LogP contribution in [0.25, 0.3) is 0 Å². The molecule has 2 aromatic rings. The molecule has 0 bridgehead atoms. The normalized spacial score (nSPS) is 11.5. The molecule has 0 spiro atoms. The summed E-state index contributed by atoms with van der Waals surface area (Å²) in [6, 6.07) is 11.4. The number of nitrogens with zero attached hydrogens (tertiary/aromatic N) is 2. The number of rotatable bonds is 4. The van der Waals surface area contributed by atoms with Crippen molar-refractivity contribution in [3.63, 3.8) is 0 Å². The Bertz CT molecular complexity index is 658. The number of nitrogens with two attached hydrogens (primary N) is 1. The fourth-order valence-electron chi connectivity index (χ4n) is 1.93. The maximum absolute atomic E-state index is 12.9. The van der Waals surface area contributed by atoms with Crippen LogP contribution < -0.4 is 10.6 Å². The largest absolute Gasteiger partial charge is 0.409 e. The van der Waals surface area contributed by atoms with Crippen molar-refractivity contribution in [2.75, 3.05) is 11.9 Å². The molecule has 2 aromatic carbocycles. The Morgan fingerprint density at radius 2 is 1.95 bits per heavy atom. The van der Waals surface area contributed by atoms with Crippen molar-refractivity contribution in [2.45, 2.75) is 6.54 Å². The predicted octanol–water partition coefficient (Wildman–Crippen LogP) is 3.21. The van der Waals surface area contributed by atoms with Gasteiger partial charge in [0.2, 0.25) is 0 Å². The molecule has 0 heterocycles. The van der Waals surface area contributed by atoms with Crippen LogP contribution in [0.1, 0.15) is 11.1 Å². The molecule has 0 aromatic heterocycles. The van der Waals surface area contributed by atoms with Gasteiger partial charge in [-0.3, -0.25) is 0 Å². The lowest BCUT2D eigenvalue weighted by atomic mass is 10.1. The van der Waals surface area contributed by atoms with E-state index >= 15 is 0 Å². The minimum Gasteiger partial charge on any atom is -0.409 e. The molecular formula is C15H15ClFN3O. The molecule has 0 unspecified atom stereocenters. The Morgan fingerprint density at radius 3 is 2.52 bits per heavy atom. The molecule has 0 radical (unpaired) electrons. The summed E-state index contributed by atoms with van der Waals surface area (Å²) in [5.41, 5.74) is 7.84. The highest BCUT2D eigenvalue weighted by Crippen LogP contribution is 2.22. The minimum absolute atomic E-state index is 0.00957. The first-order valence-electron chi connectivity index (χ1n) is 6.24. The van der Waals surface area contributed by atoms with E-state index in [1.807, 2.05) is 18.0 Å². The third-order valence-corrected chi connectivity index (χ3v) is 3.48. The standard InChI is InChI=1S/C15H15ClFN3O/c1-20(13-6-4-12(17)5-7-13)9-11-3-2-10(8-14(11)16)15(18)19-21/h2-8,21H,9H2,1H3,(H2,18,19). The van der Waals surface area contributed by atoms with Crippen LogP contribution in [0.3, 0.4) is 0 Å². The quantitative estimate of drug-likeness (QED) is 0.394. The van der Waals surface area contributed by atoms with Gasteiger partial charge in [0.05, 0.1) is 0 Å². The van der Waals surface area contributed by atoms with E-state index in [9.17, 15) is 4.39 Å². The minimum atomic E-state index is -0.270. The fourth-order valence-corrected chi connectivity index (χ4v) is 2.18. The van der Waals surface area contributed by atoms with Crippen molar-refractivity contribution in [1.82, 2.24) is 0 Å². The maximum atomic E-state index is 12.9. The Labute approximate surface area is 127 Å². The van der Waals surface area contributed by atoms with E-state index < -0.39 is 0 Å². The molecule has 6 heteroatoms. The Morgan fingerprint density at radius 1 is 1.29 bits per heavy atom. The first-order chi connectivity index (χ1) is 10.0. The van der Waals surface area contributed by atoms with E-state index in [-0.39, 0.29) is 11.7 Å². The summed E-state index contributed by atoms with van der Waals surface area (Å²) < 4.78 is 12.9. The van der Waals surface area contributed by atoms with Gasteiger partial charge in [-0.25, -0.2) is 4.39 Å². The highest BCUT2D eigenvalue weighted by Gasteiger charge is 2.08. The van der Waals surface area contributed by atoms with E-state index in [4.69, 9.17) is 22.5 Å². The summed E-state index contributed by atoms with van der Waals surface area (Å²) in [5.74, 6) is -0.261. The van der Waals surface area contributed by atoms with Gasteiger partial charge in [0.25, 0.3) is 0 Å². The number of anilines is 1. The number of amidine groups is 1. The molecule has 0 amide bonds. The highest BCUT2D eigenvalue weighted by atomic mass is 35.5. The topological polar surface area (TPSA) is 61.8 Å². The third-order valence-electron chi connectivity index (χ3n) is 3.13. The Hall–Kier alpha value is -2.27. The molecule has 4 nitrogen and oxygen atoms in total. The van der Waals surface area contributed by atoms with Crippen LogP contribution in [0.2, 0.25) is 5.02 Å². The molecule has 0 aliphatic carbocycles. The average molecular weight is 308 g/mol. The van der Waals surface area contributed by atoms with E-state index in [1.165, 1.54) is 12.1 Å². The monoisotopic (exact) mass is 307 g/mol. The van der Waals surface area contributed by atoms with Crippen LogP contribution in [0.15, 0.2) is 47.6 Å². The zero-order chi connectivity index (χ0) is 15.4. The molecule has 0 aliphatic heterocycles. The van der Waals surface area contributed by atoms with Crippen LogP contribution in [0.5, 0.6) is 0 Å². The van der Waals surface area contributed by atoms with Crippen molar-refractivity contribution in [3.8, 4) is 0 Å². The van der Waals surface area contributed by atoms with Gasteiger partial charge >= 0.3 is 0 Å². The second-order valence-electron chi connectivity index (χ2n) is 4.62. The predicted molar refractivity (Wildman–Crippen MR) is 82.5 cm³/mol. The molecular weight excluding hydrogens is 293 g/mol. The number of oxime groups is 1. The molecule has 0 saturated carbocycles. The van der Waals surface area contributed by atoms with Gasteiger partial charge in [0.15, 0.2) is 5.84 Å². The van der Waals surface area contributed by atoms with Gasteiger partial charge in [-0.1, -0.05) is 28.9 Å². The maximum Gasteiger partial charge on any atom is 0.170 e. The number of hydrogen-bond acceptors (Lipinski definition) is 3. The van der Waals surface area contributed by atoms with Gasteiger partial charge in [-0.2, -0.15) is 0 Å². The first kappa shape index (κ1) is 15.1. The second kappa shape index (κ2) is 6.45. The first-order valence-corrected chi connectivity index (χ1v) is 6.62. The molecule has 0 atom stereocenters.